The molecule has 4 nitrogen and oxygen atoms in total. The highest BCUT2D eigenvalue weighted by Gasteiger charge is 2.14. The van der Waals surface area contributed by atoms with Gasteiger partial charge in [0.15, 0.2) is 0 Å². The molecule has 0 aliphatic heterocycles. The van der Waals surface area contributed by atoms with Crippen LogP contribution in [0.25, 0.3) is 0 Å². The van der Waals surface area contributed by atoms with Crippen LogP contribution in [0.15, 0.2) is 53.4 Å². The predicted molar refractivity (Wildman–Crippen MR) is 70.3 cm³/mol. The van der Waals surface area contributed by atoms with Crippen molar-refractivity contribution >= 4 is 15.7 Å². The summed E-state index contributed by atoms with van der Waals surface area (Å²) in [5.41, 5.74) is 0.0532. The van der Waals surface area contributed by atoms with Crippen LogP contribution >= 0.6 is 0 Å². The van der Waals surface area contributed by atoms with E-state index in [4.69, 9.17) is 0 Å². The smallest absolute Gasteiger partial charge is 0.387 e. The molecule has 0 spiro atoms. The van der Waals surface area contributed by atoms with Gasteiger partial charge in [0.1, 0.15) is 11.6 Å². The summed E-state index contributed by atoms with van der Waals surface area (Å²) in [6.07, 6.45) is 0. The fourth-order valence-electron chi connectivity index (χ4n) is 1.56. The van der Waals surface area contributed by atoms with Crippen molar-refractivity contribution < 1.29 is 26.3 Å². The van der Waals surface area contributed by atoms with E-state index in [-0.39, 0.29) is 16.3 Å². The number of ether oxygens (including phenoxy) is 1. The number of halogens is 3. The zero-order chi connectivity index (χ0) is 15.5. The van der Waals surface area contributed by atoms with Gasteiger partial charge < -0.3 is 4.74 Å². The van der Waals surface area contributed by atoms with Gasteiger partial charge >= 0.3 is 6.61 Å². The van der Waals surface area contributed by atoms with Gasteiger partial charge in [0.2, 0.25) is 0 Å². The molecule has 0 bridgehead atoms. The molecule has 0 amide bonds. The number of sulfonamides is 1. The van der Waals surface area contributed by atoms with E-state index in [0.717, 1.165) is 30.3 Å². The number of hydrogen-bond acceptors (Lipinski definition) is 3. The van der Waals surface area contributed by atoms with Gasteiger partial charge in [-0.25, -0.2) is 12.8 Å². The first-order valence-corrected chi connectivity index (χ1v) is 7.18. The Balaban J connectivity index is 2.22. The topological polar surface area (TPSA) is 55.4 Å². The van der Waals surface area contributed by atoms with Gasteiger partial charge in [0, 0.05) is 6.07 Å². The van der Waals surface area contributed by atoms with Crippen molar-refractivity contribution in [3.05, 3.63) is 54.3 Å². The molecule has 2 rings (SSSR count). The highest BCUT2D eigenvalue weighted by atomic mass is 32.2. The number of hydrogen-bond donors (Lipinski definition) is 1. The van der Waals surface area contributed by atoms with Crippen LogP contribution in [0.5, 0.6) is 5.75 Å². The average Bonchev–Trinajstić information content (AvgIpc) is 2.38. The van der Waals surface area contributed by atoms with Crippen LogP contribution < -0.4 is 9.46 Å². The van der Waals surface area contributed by atoms with Crippen molar-refractivity contribution in [1.82, 2.24) is 0 Å². The van der Waals surface area contributed by atoms with E-state index in [9.17, 15) is 21.6 Å². The first-order valence-electron chi connectivity index (χ1n) is 5.70. The molecule has 0 atom stereocenters. The van der Waals surface area contributed by atoms with E-state index in [1.165, 1.54) is 18.2 Å². The zero-order valence-electron chi connectivity index (χ0n) is 10.5. The Bertz CT molecular complexity index is 718. The van der Waals surface area contributed by atoms with Crippen molar-refractivity contribution in [3.8, 4) is 5.75 Å². The van der Waals surface area contributed by atoms with Crippen LogP contribution in [0.1, 0.15) is 0 Å². The molecule has 2 aromatic carbocycles. The lowest BCUT2D eigenvalue weighted by Gasteiger charge is -2.10. The minimum atomic E-state index is -3.94. The standard InChI is InChI=1S/C13H10F3NO3S/c14-9-4-6-12(7-5-9)21(18,19)17-10-2-1-3-11(8-10)20-13(15)16/h1-8,13,17H. The van der Waals surface area contributed by atoms with E-state index in [1.54, 1.807) is 0 Å². The summed E-state index contributed by atoms with van der Waals surface area (Å²) >= 11 is 0. The molecule has 2 aromatic rings. The van der Waals surface area contributed by atoms with Crippen molar-refractivity contribution in [3.63, 3.8) is 0 Å². The van der Waals surface area contributed by atoms with Gasteiger partial charge in [-0.05, 0) is 36.4 Å². The van der Waals surface area contributed by atoms with E-state index >= 15 is 0 Å². The summed E-state index contributed by atoms with van der Waals surface area (Å²) in [5.74, 6) is -0.745. The highest BCUT2D eigenvalue weighted by molar-refractivity contribution is 7.92. The van der Waals surface area contributed by atoms with E-state index in [0.29, 0.717) is 0 Å². The van der Waals surface area contributed by atoms with Gasteiger partial charge in [-0.3, -0.25) is 4.72 Å². The molecular formula is C13H10F3NO3S. The summed E-state index contributed by atoms with van der Waals surface area (Å²) in [6.45, 7) is -3.01. The summed E-state index contributed by atoms with van der Waals surface area (Å²) in [6, 6.07) is 9.32. The molecule has 0 radical (unpaired) electrons. The van der Waals surface area contributed by atoms with E-state index < -0.39 is 22.5 Å². The molecule has 0 saturated carbocycles. The predicted octanol–water partition coefficient (Wildman–Crippen LogP) is 3.23. The number of rotatable bonds is 5. The third-order valence-electron chi connectivity index (χ3n) is 2.44. The summed E-state index contributed by atoms with van der Waals surface area (Å²) in [5, 5.41) is 0. The maximum absolute atomic E-state index is 12.8. The third-order valence-corrected chi connectivity index (χ3v) is 3.83. The molecule has 0 unspecified atom stereocenters. The Kier molecular flexibility index (Phi) is 4.37. The van der Waals surface area contributed by atoms with Crippen molar-refractivity contribution in [2.24, 2.45) is 0 Å². The van der Waals surface area contributed by atoms with Crippen LogP contribution in [-0.4, -0.2) is 15.0 Å². The number of nitrogens with one attached hydrogen (secondary N) is 1. The maximum Gasteiger partial charge on any atom is 0.387 e. The van der Waals surface area contributed by atoms with Gasteiger partial charge in [-0.15, -0.1) is 0 Å². The Morgan fingerprint density at radius 1 is 1.05 bits per heavy atom. The molecular weight excluding hydrogens is 307 g/mol. The Morgan fingerprint density at radius 2 is 1.71 bits per heavy atom. The quantitative estimate of drug-likeness (QED) is 0.921. The van der Waals surface area contributed by atoms with Gasteiger partial charge in [0.05, 0.1) is 10.6 Å². The highest BCUT2D eigenvalue weighted by Crippen LogP contribution is 2.22. The fraction of sp³-hybridized carbons (Fsp3) is 0.0769. The molecule has 8 heteroatoms. The summed E-state index contributed by atoms with van der Waals surface area (Å²) in [4.78, 5) is -0.149. The molecule has 0 aliphatic carbocycles. The van der Waals surface area contributed by atoms with E-state index in [1.807, 2.05) is 0 Å². The van der Waals surface area contributed by atoms with Crippen molar-refractivity contribution in [2.75, 3.05) is 4.72 Å². The van der Waals surface area contributed by atoms with Gasteiger partial charge in [-0.1, -0.05) is 6.07 Å². The molecule has 0 aromatic heterocycles. The number of benzene rings is 2. The van der Waals surface area contributed by atoms with Crippen molar-refractivity contribution in [2.45, 2.75) is 11.5 Å². The summed E-state index contributed by atoms with van der Waals surface area (Å²) < 4.78 is 67.4. The SMILES string of the molecule is O=S(=O)(Nc1cccc(OC(F)F)c1)c1ccc(F)cc1. The first-order chi connectivity index (χ1) is 9.87. The summed E-state index contributed by atoms with van der Waals surface area (Å²) in [7, 11) is -3.94. The second-order valence-electron chi connectivity index (χ2n) is 3.97. The third kappa shape index (κ3) is 4.12. The lowest BCUT2D eigenvalue weighted by molar-refractivity contribution is -0.0497. The molecule has 1 N–H and O–H groups in total. The normalized spacial score (nSPS) is 11.4. The number of alkyl halides is 2. The Hall–Kier alpha value is -2.22. The Morgan fingerprint density at radius 3 is 2.33 bits per heavy atom. The second kappa shape index (κ2) is 6.04. The van der Waals surface area contributed by atoms with Crippen LogP contribution in [0.3, 0.4) is 0 Å². The van der Waals surface area contributed by atoms with Gasteiger partial charge in [0.25, 0.3) is 10.0 Å². The van der Waals surface area contributed by atoms with Crippen LogP contribution in [0.2, 0.25) is 0 Å². The largest absolute Gasteiger partial charge is 0.435 e. The molecule has 0 fully saturated rings. The molecule has 21 heavy (non-hydrogen) atoms. The lowest BCUT2D eigenvalue weighted by Crippen LogP contribution is -2.13. The molecule has 0 aliphatic rings. The van der Waals surface area contributed by atoms with Crippen LogP contribution in [-0.2, 0) is 10.0 Å². The number of anilines is 1. The minimum Gasteiger partial charge on any atom is -0.435 e. The van der Waals surface area contributed by atoms with Gasteiger partial charge in [-0.2, -0.15) is 8.78 Å². The average molecular weight is 317 g/mol. The monoisotopic (exact) mass is 317 g/mol. The molecule has 0 heterocycles. The Labute approximate surface area is 119 Å². The van der Waals surface area contributed by atoms with E-state index in [2.05, 4.69) is 9.46 Å². The molecule has 112 valence electrons. The maximum atomic E-state index is 12.8. The van der Waals surface area contributed by atoms with Crippen LogP contribution in [0.4, 0.5) is 18.9 Å². The molecule has 0 saturated heterocycles. The fourth-order valence-corrected chi connectivity index (χ4v) is 2.61. The minimum absolute atomic E-state index is 0.0532. The van der Waals surface area contributed by atoms with Crippen molar-refractivity contribution in [1.29, 1.82) is 0 Å². The zero-order valence-corrected chi connectivity index (χ0v) is 11.3. The van der Waals surface area contributed by atoms with Crippen LogP contribution in [0, 0.1) is 5.82 Å². The second-order valence-corrected chi connectivity index (χ2v) is 5.65. The lowest BCUT2D eigenvalue weighted by atomic mass is 10.3. The first kappa shape index (κ1) is 15.2.